The maximum Gasteiger partial charge on any atom is 0.128 e. The Kier molecular flexibility index (Phi) is 6.24. The summed E-state index contributed by atoms with van der Waals surface area (Å²) in [4.78, 5) is 18.7. The second-order valence-corrected chi connectivity index (χ2v) is 8.48. The number of anilines is 1. The highest BCUT2D eigenvalue weighted by Gasteiger charge is 2.19. The Bertz CT molecular complexity index is 1320. The van der Waals surface area contributed by atoms with E-state index >= 15 is 0 Å². The fourth-order valence-electron chi connectivity index (χ4n) is 4.15. The van der Waals surface area contributed by atoms with Crippen LogP contribution in [0.4, 0.5) is 5.82 Å². The largest absolute Gasteiger partial charge is 0.404 e. The maximum atomic E-state index is 6.43. The van der Waals surface area contributed by atoms with Gasteiger partial charge in [-0.25, -0.2) is 14.5 Å². The summed E-state index contributed by atoms with van der Waals surface area (Å²) in [7, 11) is 0. The summed E-state index contributed by atoms with van der Waals surface area (Å²) in [6.45, 7) is 8.44. The van der Waals surface area contributed by atoms with Crippen LogP contribution in [0, 0.1) is 0 Å². The highest BCUT2D eigenvalue weighted by Crippen LogP contribution is 2.30. The molecule has 0 spiro atoms. The van der Waals surface area contributed by atoms with Crippen LogP contribution in [-0.4, -0.2) is 55.6 Å². The predicted molar refractivity (Wildman–Crippen MR) is 135 cm³/mol. The fraction of sp³-hybridized carbons (Fsp3) is 0.200. The minimum Gasteiger partial charge on any atom is -0.404 e. The van der Waals surface area contributed by atoms with Gasteiger partial charge in [-0.05, 0) is 24.3 Å². The van der Waals surface area contributed by atoms with Crippen molar-refractivity contribution in [1.29, 1.82) is 0 Å². The molecule has 0 aromatic carbocycles. The summed E-state index contributed by atoms with van der Waals surface area (Å²) in [5.41, 5.74) is 10.5. The van der Waals surface area contributed by atoms with E-state index in [0.29, 0.717) is 22.0 Å². The molecule has 8 nitrogen and oxygen atoms in total. The van der Waals surface area contributed by atoms with E-state index in [1.807, 2.05) is 36.7 Å². The van der Waals surface area contributed by atoms with Crippen LogP contribution in [0.25, 0.3) is 22.3 Å². The van der Waals surface area contributed by atoms with Crippen molar-refractivity contribution < 1.29 is 0 Å². The highest BCUT2D eigenvalue weighted by atomic mass is 35.5. The van der Waals surface area contributed by atoms with E-state index < -0.39 is 0 Å². The molecule has 0 unspecified atom stereocenters. The molecule has 4 aromatic heterocycles. The molecule has 5 rings (SSSR count). The van der Waals surface area contributed by atoms with Crippen LogP contribution in [0.15, 0.2) is 74.0 Å². The molecular weight excluding hydrogens is 448 g/mol. The molecule has 5 heterocycles. The molecule has 0 atom stereocenters. The van der Waals surface area contributed by atoms with E-state index in [0.717, 1.165) is 55.3 Å². The van der Waals surface area contributed by atoms with Crippen molar-refractivity contribution in [2.45, 2.75) is 6.54 Å². The van der Waals surface area contributed by atoms with Crippen LogP contribution in [0.1, 0.15) is 11.4 Å². The van der Waals surface area contributed by atoms with Gasteiger partial charge in [0, 0.05) is 62.5 Å². The van der Waals surface area contributed by atoms with E-state index in [1.54, 1.807) is 23.0 Å². The molecule has 4 aromatic rings. The molecule has 9 heteroatoms. The fourth-order valence-corrected chi connectivity index (χ4v) is 4.37. The van der Waals surface area contributed by atoms with Crippen molar-refractivity contribution >= 4 is 28.5 Å². The smallest absolute Gasteiger partial charge is 0.128 e. The molecule has 0 bridgehead atoms. The van der Waals surface area contributed by atoms with Gasteiger partial charge in [-0.2, -0.15) is 5.10 Å². The van der Waals surface area contributed by atoms with Crippen LogP contribution >= 0.6 is 11.6 Å². The van der Waals surface area contributed by atoms with E-state index in [2.05, 4.69) is 32.5 Å². The first-order valence-electron chi connectivity index (χ1n) is 11.1. The number of hydrogen-bond acceptors (Lipinski definition) is 7. The second kappa shape index (κ2) is 9.62. The number of halogens is 1. The van der Waals surface area contributed by atoms with Gasteiger partial charge in [-0.1, -0.05) is 30.3 Å². The van der Waals surface area contributed by atoms with E-state index in [1.165, 1.54) is 6.20 Å². The molecule has 0 radical (unpaired) electrons. The van der Waals surface area contributed by atoms with Gasteiger partial charge in [0.2, 0.25) is 0 Å². The molecule has 1 saturated heterocycles. The first-order chi connectivity index (χ1) is 16.7. The molecular formula is C25H25ClN8. The number of allylic oxidation sites excluding steroid dienone is 2. The quantitative estimate of drug-likeness (QED) is 0.428. The first kappa shape index (κ1) is 22.1. The summed E-state index contributed by atoms with van der Waals surface area (Å²) >= 11 is 6.43. The third-order valence-electron chi connectivity index (χ3n) is 5.98. The normalized spacial score (nSPS) is 15.1. The lowest BCUT2D eigenvalue weighted by Gasteiger charge is -2.35. The average Bonchev–Trinajstić information content (AvgIpc) is 3.26. The van der Waals surface area contributed by atoms with Crippen molar-refractivity contribution in [1.82, 2.24) is 29.5 Å². The van der Waals surface area contributed by atoms with Crippen LogP contribution < -0.4 is 10.6 Å². The van der Waals surface area contributed by atoms with Crippen LogP contribution in [0.2, 0.25) is 5.02 Å². The van der Waals surface area contributed by atoms with Gasteiger partial charge in [-0.3, -0.25) is 9.88 Å². The number of aromatic nitrogens is 5. The minimum absolute atomic E-state index is 0.527. The predicted octanol–water partition coefficient (Wildman–Crippen LogP) is 3.65. The summed E-state index contributed by atoms with van der Waals surface area (Å²) in [5, 5.41) is 4.88. The SMILES string of the molecule is C=C/C(=C\N)c1cn2ncc(Cl)c2c(-c2ccc(N3CCN(Cc4ccccn4)CC3)nc2)n1. The number of nitrogens with two attached hydrogens (primary N) is 1. The van der Waals surface area contributed by atoms with Crippen molar-refractivity contribution in [3.05, 3.63) is 90.4 Å². The molecule has 2 N–H and O–H groups in total. The number of hydrogen-bond donors (Lipinski definition) is 1. The molecule has 0 saturated carbocycles. The zero-order chi connectivity index (χ0) is 23.5. The van der Waals surface area contributed by atoms with Crippen LogP contribution in [-0.2, 0) is 6.54 Å². The zero-order valence-electron chi connectivity index (χ0n) is 18.7. The van der Waals surface area contributed by atoms with Crippen LogP contribution in [0.3, 0.4) is 0 Å². The minimum atomic E-state index is 0.527. The molecule has 1 fully saturated rings. The highest BCUT2D eigenvalue weighted by molar-refractivity contribution is 6.34. The van der Waals surface area contributed by atoms with Gasteiger partial charge >= 0.3 is 0 Å². The van der Waals surface area contributed by atoms with Gasteiger partial charge in [0.25, 0.3) is 0 Å². The maximum absolute atomic E-state index is 6.43. The molecule has 34 heavy (non-hydrogen) atoms. The van der Waals surface area contributed by atoms with Gasteiger partial charge in [0.1, 0.15) is 11.3 Å². The standard InChI is InChI=1S/C25H25ClN8/c1-2-18(13-27)22-17-34-25(21(26)15-30-34)24(31-22)19-6-7-23(29-14-19)33-11-9-32(10-12-33)16-20-5-3-4-8-28-20/h2-8,13-15,17H,1,9-12,16,27H2/b18-13+. The zero-order valence-corrected chi connectivity index (χ0v) is 19.4. The van der Waals surface area contributed by atoms with E-state index in [-0.39, 0.29) is 0 Å². The van der Waals surface area contributed by atoms with Crippen molar-refractivity contribution in [2.75, 3.05) is 31.1 Å². The van der Waals surface area contributed by atoms with Gasteiger partial charge in [-0.15, -0.1) is 0 Å². The number of rotatable bonds is 6. The Labute approximate surface area is 203 Å². The van der Waals surface area contributed by atoms with Crippen molar-refractivity contribution in [3.63, 3.8) is 0 Å². The molecule has 1 aliphatic rings. The topological polar surface area (TPSA) is 88.5 Å². The Morgan fingerprint density at radius 3 is 2.62 bits per heavy atom. The Hall–Kier alpha value is -3.75. The average molecular weight is 473 g/mol. The summed E-state index contributed by atoms with van der Waals surface area (Å²) < 4.78 is 1.71. The Balaban J connectivity index is 1.36. The monoisotopic (exact) mass is 472 g/mol. The van der Waals surface area contributed by atoms with E-state index in [4.69, 9.17) is 27.3 Å². The van der Waals surface area contributed by atoms with Crippen molar-refractivity contribution in [2.24, 2.45) is 5.73 Å². The number of piperazine rings is 1. The summed E-state index contributed by atoms with van der Waals surface area (Å²) in [6, 6.07) is 10.1. The third kappa shape index (κ3) is 4.37. The molecule has 1 aliphatic heterocycles. The number of pyridine rings is 2. The summed E-state index contributed by atoms with van der Waals surface area (Å²) in [5.74, 6) is 0.946. The van der Waals surface area contributed by atoms with Crippen molar-refractivity contribution in [3.8, 4) is 11.3 Å². The lowest BCUT2D eigenvalue weighted by atomic mass is 10.1. The van der Waals surface area contributed by atoms with Crippen LogP contribution in [0.5, 0.6) is 0 Å². The number of nitrogens with zero attached hydrogens (tertiary/aromatic N) is 7. The molecule has 0 aliphatic carbocycles. The second-order valence-electron chi connectivity index (χ2n) is 8.08. The van der Waals surface area contributed by atoms with Gasteiger partial charge in [0.05, 0.1) is 34.5 Å². The molecule has 0 amide bonds. The summed E-state index contributed by atoms with van der Waals surface area (Å²) in [6.07, 6.45) is 10.2. The first-order valence-corrected chi connectivity index (χ1v) is 11.5. The Morgan fingerprint density at radius 2 is 1.94 bits per heavy atom. The van der Waals surface area contributed by atoms with Gasteiger partial charge in [0.15, 0.2) is 0 Å². The lowest BCUT2D eigenvalue weighted by Crippen LogP contribution is -2.46. The van der Waals surface area contributed by atoms with Gasteiger partial charge < -0.3 is 10.6 Å². The third-order valence-corrected chi connectivity index (χ3v) is 6.25. The molecule has 172 valence electrons. The van der Waals surface area contributed by atoms with E-state index in [9.17, 15) is 0 Å². The lowest BCUT2D eigenvalue weighted by molar-refractivity contribution is 0.246. The Morgan fingerprint density at radius 1 is 1.09 bits per heavy atom. The number of fused-ring (bicyclic) bond motifs is 1.